The zero-order valence-corrected chi connectivity index (χ0v) is 12.8. The monoisotopic (exact) mass is 315 g/mol. The minimum Gasteiger partial charge on any atom is -0.298 e. The van der Waals surface area contributed by atoms with Crippen molar-refractivity contribution in [3.8, 4) is 0 Å². The summed E-state index contributed by atoms with van der Waals surface area (Å²) >= 11 is 1.28. The van der Waals surface area contributed by atoms with Crippen LogP contribution in [0.3, 0.4) is 0 Å². The van der Waals surface area contributed by atoms with Crippen LogP contribution >= 0.6 is 11.8 Å². The second-order valence-electron chi connectivity index (χ2n) is 4.85. The van der Waals surface area contributed by atoms with Crippen molar-refractivity contribution in [2.24, 2.45) is 0 Å². The van der Waals surface area contributed by atoms with Crippen LogP contribution in [-0.4, -0.2) is 24.6 Å². The minimum atomic E-state index is -0.264. The standard InChI is InChI=1S/C14H13N5O2S/c1-8-3-4-11-15-10(5-12(20)19(11)6-8)7-22-14-16-13(21)9(2)17-18-14/h3-6H,7H2,1-2H3,(H,16,18,21). The van der Waals surface area contributed by atoms with Crippen LogP contribution in [0.25, 0.3) is 5.65 Å². The third-order valence-electron chi connectivity index (χ3n) is 3.06. The zero-order chi connectivity index (χ0) is 15.7. The van der Waals surface area contributed by atoms with Gasteiger partial charge in [0.05, 0.1) is 5.69 Å². The Hall–Kier alpha value is -2.48. The Kier molecular flexibility index (Phi) is 3.76. The molecule has 0 aliphatic heterocycles. The molecule has 0 bridgehead atoms. The van der Waals surface area contributed by atoms with E-state index in [1.807, 2.05) is 13.0 Å². The molecule has 7 nitrogen and oxygen atoms in total. The van der Waals surface area contributed by atoms with Crippen LogP contribution in [0.4, 0.5) is 0 Å². The maximum absolute atomic E-state index is 12.1. The highest BCUT2D eigenvalue weighted by Crippen LogP contribution is 2.16. The van der Waals surface area contributed by atoms with Crippen molar-refractivity contribution in [3.05, 3.63) is 62.1 Å². The second kappa shape index (κ2) is 5.72. The van der Waals surface area contributed by atoms with Gasteiger partial charge in [-0.05, 0) is 25.5 Å². The van der Waals surface area contributed by atoms with Gasteiger partial charge in [-0.2, -0.15) is 0 Å². The molecule has 1 N–H and O–H groups in total. The number of aromatic amines is 1. The van der Waals surface area contributed by atoms with Crippen LogP contribution in [-0.2, 0) is 5.75 Å². The third-order valence-corrected chi connectivity index (χ3v) is 3.95. The molecule has 0 spiro atoms. The summed E-state index contributed by atoms with van der Waals surface area (Å²) in [7, 11) is 0. The van der Waals surface area contributed by atoms with E-state index in [1.54, 1.807) is 19.2 Å². The molecule has 0 aliphatic rings. The predicted molar refractivity (Wildman–Crippen MR) is 83.1 cm³/mol. The first-order valence-corrected chi connectivity index (χ1v) is 7.57. The van der Waals surface area contributed by atoms with E-state index >= 15 is 0 Å². The highest BCUT2D eigenvalue weighted by atomic mass is 32.2. The molecule has 3 aromatic heterocycles. The number of hydrogen-bond donors (Lipinski definition) is 1. The summed E-state index contributed by atoms with van der Waals surface area (Å²) in [4.78, 5) is 30.6. The van der Waals surface area contributed by atoms with E-state index in [0.29, 0.717) is 27.9 Å². The lowest BCUT2D eigenvalue weighted by atomic mass is 10.3. The number of pyridine rings is 1. The smallest absolute Gasteiger partial charge is 0.273 e. The predicted octanol–water partition coefficient (Wildman–Crippen LogP) is 1.08. The molecule has 0 saturated heterocycles. The molecule has 0 amide bonds. The molecule has 0 fully saturated rings. The number of hydrogen-bond acceptors (Lipinski definition) is 6. The van der Waals surface area contributed by atoms with Crippen molar-refractivity contribution >= 4 is 17.4 Å². The number of aromatic nitrogens is 5. The van der Waals surface area contributed by atoms with Crippen LogP contribution in [0.5, 0.6) is 0 Å². The molecule has 0 unspecified atom stereocenters. The van der Waals surface area contributed by atoms with E-state index in [9.17, 15) is 9.59 Å². The van der Waals surface area contributed by atoms with Crippen LogP contribution in [0, 0.1) is 13.8 Å². The Labute approximate surface area is 129 Å². The van der Waals surface area contributed by atoms with Crippen molar-refractivity contribution in [2.45, 2.75) is 24.8 Å². The average Bonchev–Trinajstić information content (AvgIpc) is 2.49. The van der Waals surface area contributed by atoms with Crippen molar-refractivity contribution in [3.63, 3.8) is 0 Å². The summed E-state index contributed by atoms with van der Waals surface area (Å²) in [5, 5.41) is 8.07. The van der Waals surface area contributed by atoms with Gasteiger partial charge >= 0.3 is 0 Å². The molecule has 8 heteroatoms. The topological polar surface area (TPSA) is 93.0 Å². The highest BCUT2D eigenvalue weighted by Gasteiger charge is 2.06. The minimum absolute atomic E-state index is 0.132. The fraction of sp³-hybridized carbons (Fsp3) is 0.214. The van der Waals surface area contributed by atoms with Crippen molar-refractivity contribution < 1.29 is 0 Å². The van der Waals surface area contributed by atoms with E-state index in [4.69, 9.17) is 0 Å². The van der Waals surface area contributed by atoms with Gasteiger partial charge in [0.15, 0.2) is 5.16 Å². The van der Waals surface area contributed by atoms with E-state index in [0.717, 1.165) is 5.56 Å². The number of nitrogens with one attached hydrogen (secondary N) is 1. The van der Waals surface area contributed by atoms with Gasteiger partial charge in [0, 0.05) is 18.0 Å². The summed E-state index contributed by atoms with van der Waals surface area (Å²) in [5.74, 6) is 0.424. The number of thioether (sulfide) groups is 1. The lowest BCUT2D eigenvalue weighted by Gasteiger charge is -2.04. The lowest BCUT2D eigenvalue weighted by Crippen LogP contribution is -2.16. The SMILES string of the molecule is Cc1ccc2nc(CSc3nnc(C)c(=O)[nH]3)cc(=O)n2c1. The quantitative estimate of drug-likeness (QED) is 0.727. The largest absolute Gasteiger partial charge is 0.298 e. The lowest BCUT2D eigenvalue weighted by molar-refractivity contribution is 0.789. The first kappa shape index (κ1) is 14.5. The molecule has 3 heterocycles. The van der Waals surface area contributed by atoms with E-state index in [1.165, 1.54) is 22.2 Å². The maximum atomic E-state index is 12.1. The fourth-order valence-electron chi connectivity index (χ4n) is 1.92. The molecule has 0 aromatic carbocycles. The average molecular weight is 315 g/mol. The Bertz CT molecular complexity index is 963. The molecule has 3 rings (SSSR count). The van der Waals surface area contributed by atoms with Gasteiger partial charge in [0.25, 0.3) is 11.1 Å². The third kappa shape index (κ3) is 2.91. The number of rotatable bonds is 3. The van der Waals surface area contributed by atoms with Crippen LogP contribution in [0.2, 0.25) is 0 Å². The molecule has 22 heavy (non-hydrogen) atoms. The molecule has 0 saturated carbocycles. The highest BCUT2D eigenvalue weighted by molar-refractivity contribution is 7.98. The van der Waals surface area contributed by atoms with Crippen LogP contribution in [0.1, 0.15) is 17.0 Å². The van der Waals surface area contributed by atoms with Crippen LogP contribution < -0.4 is 11.1 Å². The van der Waals surface area contributed by atoms with Gasteiger partial charge < -0.3 is 0 Å². The van der Waals surface area contributed by atoms with Gasteiger partial charge in [0.2, 0.25) is 0 Å². The fourth-order valence-corrected chi connectivity index (χ4v) is 2.61. The molecular weight excluding hydrogens is 302 g/mol. The van der Waals surface area contributed by atoms with Gasteiger partial charge in [-0.1, -0.05) is 17.8 Å². The molecular formula is C14H13N5O2S. The number of fused-ring (bicyclic) bond motifs is 1. The molecule has 112 valence electrons. The molecule has 0 radical (unpaired) electrons. The van der Waals surface area contributed by atoms with Crippen molar-refractivity contribution in [1.82, 2.24) is 24.6 Å². The first-order valence-electron chi connectivity index (χ1n) is 6.58. The summed E-state index contributed by atoms with van der Waals surface area (Å²) in [6, 6.07) is 5.19. The normalized spacial score (nSPS) is 11.0. The Morgan fingerprint density at radius 2 is 2.05 bits per heavy atom. The summed E-state index contributed by atoms with van der Waals surface area (Å²) in [5.41, 5.74) is 2.14. The molecule has 3 aromatic rings. The summed E-state index contributed by atoms with van der Waals surface area (Å²) in [6.07, 6.45) is 1.75. The Balaban J connectivity index is 1.88. The number of nitrogens with zero attached hydrogens (tertiary/aromatic N) is 4. The zero-order valence-electron chi connectivity index (χ0n) is 12.0. The first-order chi connectivity index (χ1) is 10.5. The summed E-state index contributed by atoms with van der Waals surface area (Å²) in [6.45, 7) is 3.51. The Morgan fingerprint density at radius 1 is 1.23 bits per heavy atom. The van der Waals surface area contributed by atoms with Crippen molar-refractivity contribution in [1.29, 1.82) is 0 Å². The number of aryl methyl sites for hydroxylation is 2. The van der Waals surface area contributed by atoms with Gasteiger partial charge in [0.1, 0.15) is 11.3 Å². The molecule has 0 aliphatic carbocycles. The van der Waals surface area contributed by atoms with E-state index < -0.39 is 0 Å². The number of H-pyrrole nitrogens is 1. The van der Waals surface area contributed by atoms with E-state index in [-0.39, 0.29) is 11.1 Å². The summed E-state index contributed by atoms with van der Waals surface area (Å²) < 4.78 is 1.51. The second-order valence-corrected chi connectivity index (χ2v) is 5.82. The Morgan fingerprint density at radius 3 is 2.82 bits per heavy atom. The van der Waals surface area contributed by atoms with Gasteiger partial charge in [-0.15, -0.1) is 10.2 Å². The van der Waals surface area contributed by atoms with Gasteiger partial charge in [-0.25, -0.2) is 4.98 Å². The van der Waals surface area contributed by atoms with Gasteiger partial charge in [-0.3, -0.25) is 19.0 Å². The van der Waals surface area contributed by atoms with E-state index in [2.05, 4.69) is 20.2 Å². The maximum Gasteiger partial charge on any atom is 0.273 e. The van der Waals surface area contributed by atoms with Crippen LogP contribution in [0.15, 0.2) is 39.1 Å². The molecule has 0 atom stereocenters. The van der Waals surface area contributed by atoms with Crippen molar-refractivity contribution in [2.75, 3.05) is 0 Å².